The zero-order chi connectivity index (χ0) is 22.1. The molecule has 0 spiro atoms. The summed E-state index contributed by atoms with van der Waals surface area (Å²) in [6, 6.07) is 4.20. The summed E-state index contributed by atoms with van der Waals surface area (Å²) >= 11 is 0. The third kappa shape index (κ3) is 7.65. The van der Waals surface area contributed by atoms with Gasteiger partial charge in [-0.05, 0) is 25.0 Å². The van der Waals surface area contributed by atoms with Crippen molar-refractivity contribution in [3.05, 3.63) is 41.2 Å². The summed E-state index contributed by atoms with van der Waals surface area (Å²) in [4.78, 5) is 24.0. The molecule has 1 aliphatic carbocycles. The van der Waals surface area contributed by atoms with Gasteiger partial charge in [-0.3, -0.25) is 14.9 Å². The molecular formula is C19H21F3N5O3+. The van der Waals surface area contributed by atoms with E-state index in [0.717, 1.165) is 12.8 Å². The minimum atomic E-state index is -4.53. The molecule has 160 valence electrons. The van der Waals surface area contributed by atoms with Crippen LogP contribution in [-0.4, -0.2) is 42.3 Å². The molecule has 0 unspecified atom stereocenters. The van der Waals surface area contributed by atoms with Crippen molar-refractivity contribution in [2.24, 2.45) is 5.11 Å². The van der Waals surface area contributed by atoms with Crippen LogP contribution in [0, 0.1) is 17.4 Å². The number of quaternary nitrogens is 1. The second-order valence-corrected chi connectivity index (χ2v) is 6.45. The molecule has 0 atom stereocenters. The van der Waals surface area contributed by atoms with Crippen LogP contribution in [0.2, 0.25) is 0 Å². The largest absolute Gasteiger partial charge is 0.405 e. The highest BCUT2D eigenvalue weighted by molar-refractivity contribution is 5.95. The van der Waals surface area contributed by atoms with Crippen LogP contribution in [0.25, 0.3) is 0 Å². The molecular weight excluding hydrogens is 403 g/mol. The predicted molar refractivity (Wildman–Crippen MR) is 99.4 cm³/mol. The highest BCUT2D eigenvalue weighted by Crippen LogP contribution is 2.19. The number of nitrogens with zero attached hydrogens (tertiary/aromatic N) is 1. The lowest BCUT2D eigenvalue weighted by Gasteiger charge is -2.09. The molecule has 8 nitrogen and oxygen atoms in total. The van der Waals surface area contributed by atoms with E-state index in [9.17, 15) is 22.8 Å². The number of aliphatic hydroxyl groups is 1. The Morgan fingerprint density at radius 1 is 1.37 bits per heavy atom. The molecule has 1 aromatic rings. The van der Waals surface area contributed by atoms with Gasteiger partial charge in [-0.2, -0.15) is 13.2 Å². The van der Waals surface area contributed by atoms with E-state index in [0.29, 0.717) is 11.3 Å². The molecule has 6 N–H and O–H groups in total. The van der Waals surface area contributed by atoms with Gasteiger partial charge in [0.15, 0.2) is 0 Å². The fraction of sp³-hybridized carbons (Fsp3) is 0.368. The topological polar surface area (TPSA) is 131 Å². The number of benzene rings is 1. The first-order valence-electron chi connectivity index (χ1n) is 9.05. The first-order chi connectivity index (χ1) is 14.2. The van der Waals surface area contributed by atoms with Gasteiger partial charge < -0.3 is 15.7 Å². The van der Waals surface area contributed by atoms with E-state index in [1.165, 1.54) is 29.7 Å². The van der Waals surface area contributed by atoms with Gasteiger partial charge >= 0.3 is 6.18 Å². The van der Waals surface area contributed by atoms with Crippen LogP contribution in [0.4, 0.5) is 18.9 Å². The van der Waals surface area contributed by atoms with Crippen molar-refractivity contribution < 1.29 is 33.2 Å². The summed E-state index contributed by atoms with van der Waals surface area (Å²) in [5, 5.41) is 18.1. The minimum Gasteiger partial charge on any atom is -0.395 e. The van der Waals surface area contributed by atoms with E-state index in [4.69, 9.17) is 10.6 Å². The number of hydrogen-bond donors (Lipinski definition) is 5. The molecule has 2 rings (SSSR count). The quantitative estimate of drug-likeness (QED) is 0.185. The average Bonchev–Trinajstić information content (AvgIpc) is 3.51. The van der Waals surface area contributed by atoms with E-state index < -0.39 is 24.5 Å². The number of rotatable bonds is 8. The lowest BCUT2D eigenvalue weighted by atomic mass is 10.1. The predicted octanol–water partition coefficient (Wildman–Crippen LogP) is 1.06. The fourth-order valence-corrected chi connectivity index (χ4v) is 2.27. The maximum absolute atomic E-state index is 12.3. The molecule has 1 saturated carbocycles. The van der Waals surface area contributed by atoms with Crippen molar-refractivity contribution in [2.45, 2.75) is 31.5 Å². The van der Waals surface area contributed by atoms with Crippen LogP contribution in [0.5, 0.6) is 0 Å². The van der Waals surface area contributed by atoms with Gasteiger partial charge in [-0.1, -0.05) is 11.8 Å². The molecule has 0 bridgehead atoms. The zero-order valence-corrected chi connectivity index (χ0v) is 15.8. The monoisotopic (exact) mass is 424 g/mol. The van der Waals surface area contributed by atoms with Crippen molar-refractivity contribution in [3.63, 3.8) is 0 Å². The summed E-state index contributed by atoms with van der Waals surface area (Å²) in [6.07, 6.45) is -1.29. The molecule has 11 heteroatoms. The number of aliphatic hydroxyl groups excluding tert-OH is 1. The smallest absolute Gasteiger partial charge is 0.395 e. The summed E-state index contributed by atoms with van der Waals surface area (Å²) in [6.45, 7) is -1.64. The van der Waals surface area contributed by atoms with E-state index in [-0.39, 0.29) is 30.3 Å². The highest BCUT2D eigenvalue weighted by atomic mass is 19.4. The maximum Gasteiger partial charge on any atom is 0.405 e. The SMILES string of the molecule is N=N/C(=C\[NH2+]c1ccc(C(=O)NCC(F)(F)F)cc1C#CCCO)C(=O)NC1CC1. The highest BCUT2D eigenvalue weighted by Gasteiger charge is 2.28. The summed E-state index contributed by atoms with van der Waals surface area (Å²) in [5.74, 6) is 4.03. The van der Waals surface area contributed by atoms with E-state index in [1.807, 2.05) is 0 Å². The Balaban J connectivity index is 2.21. The molecule has 30 heavy (non-hydrogen) atoms. The maximum atomic E-state index is 12.3. The Labute approximate surface area is 170 Å². The molecule has 2 amide bonds. The van der Waals surface area contributed by atoms with Crippen LogP contribution >= 0.6 is 0 Å². The Bertz CT molecular complexity index is 899. The molecule has 0 saturated heterocycles. The number of carbonyl (C=O) groups is 2. The average molecular weight is 424 g/mol. The number of nitrogens with one attached hydrogen (secondary N) is 3. The number of halogens is 3. The van der Waals surface area contributed by atoms with Crippen LogP contribution in [0.15, 0.2) is 35.2 Å². The standard InChI is InChI=1S/C19H20F3N5O3/c20-19(21,22)11-25-17(29)13-4-7-15(12(9-13)3-1-2-8-28)24-10-16(27-23)18(30)26-14-5-6-14/h4,7,9-10,14,23-24,28H,2,5-6,8,11H2,(H,25,29)(H,26,30)/p+1/b16-10-,27-23?. The van der Waals surface area contributed by atoms with Crippen LogP contribution in [0.3, 0.4) is 0 Å². The Hall–Kier alpha value is -3.23. The van der Waals surface area contributed by atoms with Gasteiger partial charge in [0, 0.05) is 24.1 Å². The third-order valence-electron chi connectivity index (χ3n) is 3.91. The summed E-state index contributed by atoms with van der Waals surface area (Å²) in [5.41, 5.74) is 7.81. The van der Waals surface area contributed by atoms with Crippen LogP contribution in [0.1, 0.15) is 35.2 Å². The zero-order valence-electron chi connectivity index (χ0n) is 15.8. The Morgan fingerprint density at radius 2 is 2.10 bits per heavy atom. The molecule has 1 aromatic carbocycles. The van der Waals surface area contributed by atoms with Crippen molar-refractivity contribution in [3.8, 4) is 11.8 Å². The second-order valence-electron chi connectivity index (χ2n) is 6.45. The molecule has 0 aliphatic heterocycles. The van der Waals surface area contributed by atoms with E-state index >= 15 is 0 Å². The number of hydrogen-bond acceptors (Lipinski definition) is 5. The minimum absolute atomic E-state index is 0.0226. The number of amides is 2. The van der Waals surface area contributed by atoms with Crippen molar-refractivity contribution >= 4 is 17.5 Å². The lowest BCUT2D eigenvalue weighted by Crippen LogP contribution is -2.72. The van der Waals surface area contributed by atoms with Crippen molar-refractivity contribution in [1.29, 1.82) is 5.53 Å². The van der Waals surface area contributed by atoms with E-state index in [1.54, 1.807) is 5.32 Å². The number of alkyl halides is 3. The van der Waals surface area contributed by atoms with Gasteiger partial charge in [-0.25, -0.2) is 5.53 Å². The van der Waals surface area contributed by atoms with Crippen molar-refractivity contribution in [1.82, 2.24) is 10.6 Å². The molecule has 1 fully saturated rings. The first kappa shape index (κ1) is 23.1. The van der Waals surface area contributed by atoms with Crippen LogP contribution in [-0.2, 0) is 4.79 Å². The Morgan fingerprint density at radius 3 is 2.70 bits per heavy atom. The number of carbonyl (C=O) groups excluding carboxylic acids is 2. The lowest BCUT2D eigenvalue weighted by molar-refractivity contribution is -0.497. The van der Waals surface area contributed by atoms with Gasteiger partial charge in [0.1, 0.15) is 18.4 Å². The van der Waals surface area contributed by atoms with Gasteiger partial charge in [0.05, 0.1) is 12.2 Å². The summed E-state index contributed by atoms with van der Waals surface area (Å²) < 4.78 is 36.9. The normalized spacial score (nSPS) is 13.8. The van der Waals surface area contributed by atoms with Gasteiger partial charge in [0.2, 0.25) is 5.70 Å². The molecule has 0 aromatic heterocycles. The third-order valence-corrected chi connectivity index (χ3v) is 3.91. The fourth-order valence-electron chi connectivity index (χ4n) is 2.27. The van der Waals surface area contributed by atoms with Gasteiger partial charge in [0.25, 0.3) is 11.8 Å². The van der Waals surface area contributed by atoms with E-state index in [2.05, 4.69) is 22.3 Å². The van der Waals surface area contributed by atoms with Crippen molar-refractivity contribution in [2.75, 3.05) is 13.2 Å². The van der Waals surface area contributed by atoms with Gasteiger partial charge in [-0.15, -0.1) is 5.11 Å². The number of nitrogens with two attached hydrogens (primary N) is 1. The first-order valence-corrected chi connectivity index (χ1v) is 9.05. The second kappa shape index (κ2) is 10.5. The Kier molecular flexibility index (Phi) is 8.08. The van der Waals surface area contributed by atoms with Crippen LogP contribution < -0.4 is 16.0 Å². The molecule has 0 heterocycles. The molecule has 1 aliphatic rings. The molecule has 0 radical (unpaired) electrons. The summed E-state index contributed by atoms with van der Waals surface area (Å²) in [7, 11) is 0.